The standard InChI is InChI=1S/C11H14F2N2O3/c1-3-18-11(16)9-6(4-14)8(10(12)13)7(17-2)5-15-9/h5,10H,3-4,14H2,1-2H3. The van der Waals surface area contributed by atoms with Gasteiger partial charge in [0.05, 0.1) is 25.5 Å². The van der Waals surface area contributed by atoms with Gasteiger partial charge in [-0.15, -0.1) is 0 Å². The van der Waals surface area contributed by atoms with Gasteiger partial charge in [-0.3, -0.25) is 0 Å². The number of carbonyl (C=O) groups is 1. The lowest BCUT2D eigenvalue weighted by Gasteiger charge is -2.14. The van der Waals surface area contributed by atoms with Gasteiger partial charge in [0, 0.05) is 12.1 Å². The number of hydrogen-bond donors (Lipinski definition) is 1. The lowest BCUT2D eigenvalue weighted by atomic mass is 10.1. The van der Waals surface area contributed by atoms with Crippen LogP contribution in [-0.2, 0) is 11.3 Å². The molecule has 0 atom stereocenters. The Morgan fingerprint density at radius 2 is 2.22 bits per heavy atom. The summed E-state index contributed by atoms with van der Waals surface area (Å²) in [5, 5.41) is 0. The first-order valence-corrected chi connectivity index (χ1v) is 5.27. The molecular formula is C11H14F2N2O3. The van der Waals surface area contributed by atoms with Gasteiger partial charge in [0.1, 0.15) is 5.75 Å². The van der Waals surface area contributed by atoms with Gasteiger partial charge in [0.15, 0.2) is 5.69 Å². The molecule has 0 aliphatic carbocycles. The fourth-order valence-electron chi connectivity index (χ4n) is 1.53. The Morgan fingerprint density at radius 3 is 2.67 bits per heavy atom. The van der Waals surface area contributed by atoms with Gasteiger partial charge in [0.25, 0.3) is 6.43 Å². The van der Waals surface area contributed by atoms with Crippen molar-refractivity contribution in [3.8, 4) is 5.75 Å². The summed E-state index contributed by atoms with van der Waals surface area (Å²) in [7, 11) is 1.24. The summed E-state index contributed by atoms with van der Waals surface area (Å²) in [6.07, 6.45) is -1.75. The number of hydrogen-bond acceptors (Lipinski definition) is 5. The first kappa shape index (κ1) is 14.3. The van der Waals surface area contributed by atoms with Crippen LogP contribution in [0.1, 0.15) is 35.0 Å². The summed E-state index contributed by atoms with van der Waals surface area (Å²) in [4.78, 5) is 15.3. The smallest absolute Gasteiger partial charge is 0.357 e. The third kappa shape index (κ3) is 2.73. The van der Waals surface area contributed by atoms with E-state index in [9.17, 15) is 13.6 Å². The van der Waals surface area contributed by atoms with Crippen LogP contribution in [0.5, 0.6) is 5.75 Å². The second-order valence-electron chi connectivity index (χ2n) is 3.29. The lowest BCUT2D eigenvalue weighted by molar-refractivity contribution is 0.0517. The van der Waals surface area contributed by atoms with E-state index in [2.05, 4.69) is 4.98 Å². The number of methoxy groups -OCH3 is 1. The Labute approximate surface area is 103 Å². The van der Waals surface area contributed by atoms with Crippen LogP contribution >= 0.6 is 0 Å². The summed E-state index contributed by atoms with van der Waals surface area (Å²) in [5.41, 5.74) is 4.74. The first-order chi connectivity index (χ1) is 8.56. The van der Waals surface area contributed by atoms with Gasteiger partial charge in [-0.25, -0.2) is 18.6 Å². The zero-order valence-corrected chi connectivity index (χ0v) is 10.1. The summed E-state index contributed by atoms with van der Waals surface area (Å²) < 4.78 is 35.5. The summed E-state index contributed by atoms with van der Waals surface area (Å²) in [6, 6.07) is 0. The number of aromatic nitrogens is 1. The minimum absolute atomic E-state index is 0.0530. The highest BCUT2D eigenvalue weighted by atomic mass is 19.3. The maximum atomic E-state index is 13.0. The average molecular weight is 260 g/mol. The predicted octanol–water partition coefficient (Wildman–Crippen LogP) is 1.66. The highest BCUT2D eigenvalue weighted by Gasteiger charge is 2.25. The zero-order valence-electron chi connectivity index (χ0n) is 10.1. The Bertz CT molecular complexity index is 439. The number of carbonyl (C=O) groups excluding carboxylic acids is 1. The van der Waals surface area contributed by atoms with Crippen LogP contribution < -0.4 is 10.5 Å². The SMILES string of the molecule is CCOC(=O)c1ncc(OC)c(C(F)F)c1CN. The topological polar surface area (TPSA) is 74.4 Å². The van der Waals surface area contributed by atoms with E-state index >= 15 is 0 Å². The molecule has 2 N–H and O–H groups in total. The van der Waals surface area contributed by atoms with Crippen LogP contribution in [0.25, 0.3) is 0 Å². The Balaban J connectivity index is 3.37. The Morgan fingerprint density at radius 1 is 1.56 bits per heavy atom. The van der Waals surface area contributed by atoms with E-state index < -0.39 is 18.0 Å². The van der Waals surface area contributed by atoms with Crippen LogP contribution in [0, 0.1) is 0 Å². The van der Waals surface area contributed by atoms with Crippen LogP contribution in [0.15, 0.2) is 6.20 Å². The van der Waals surface area contributed by atoms with E-state index in [1.807, 2.05) is 0 Å². The third-order valence-electron chi connectivity index (χ3n) is 2.30. The Hall–Kier alpha value is -1.76. The van der Waals surface area contributed by atoms with Crippen molar-refractivity contribution < 1.29 is 23.0 Å². The molecule has 100 valence electrons. The van der Waals surface area contributed by atoms with E-state index in [4.69, 9.17) is 15.2 Å². The molecule has 1 aromatic heterocycles. The molecule has 1 heterocycles. The van der Waals surface area contributed by atoms with Gasteiger partial charge >= 0.3 is 5.97 Å². The maximum Gasteiger partial charge on any atom is 0.357 e. The quantitative estimate of drug-likeness (QED) is 0.815. The average Bonchev–Trinajstić information content (AvgIpc) is 2.36. The lowest BCUT2D eigenvalue weighted by Crippen LogP contribution is -2.16. The summed E-state index contributed by atoms with van der Waals surface area (Å²) >= 11 is 0. The molecule has 18 heavy (non-hydrogen) atoms. The largest absolute Gasteiger partial charge is 0.495 e. The molecule has 0 aliphatic rings. The molecule has 0 unspecified atom stereocenters. The summed E-state index contributed by atoms with van der Waals surface area (Å²) in [5.74, 6) is -0.874. The fraction of sp³-hybridized carbons (Fsp3) is 0.455. The van der Waals surface area contributed by atoms with Crippen LogP contribution in [-0.4, -0.2) is 24.7 Å². The number of rotatable bonds is 5. The number of nitrogens with zero attached hydrogens (tertiary/aromatic N) is 1. The van der Waals surface area contributed by atoms with Gasteiger partial charge in [-0.2, -0.15) is 0 Å². The molecular weight excluding hydrogens is 246 g/mol. The monoisotopic (exact) mass is 260 g/mol. The van der Waals surface area contributed by atoms with Gasteiger partial charge in [-0.1, -0.05) is 0 Å². The van der Waals surface area contributed by atoms with Crippen LogP contribution in [0.4, 0.5) is 8.78 Å². The van der Waals surface area contributed by atoms with E-state index in [-0.39, 0.29) is 30.2 Å². The van der Waals surface area contributed by atoms with Crippen molar-refractivity contribution in [1.29, 1.82) is 0 Å². The number of esters is 1. The van der Waals surface area contributed by atoms with Crippen molar-refractivity contribution in [2.24, 2.45) is 5.73 Å². The first-order valence-electron chi connectivity index (χ1n) is 5.27. The number of ether oxygens (including phenoxy) is 2. The van der Waals surface area contributed by atoms with Gasteiger partial charge in [0.2, 0.25) is 0 Å². The molecule has 0 saturated carbocycles. The van der Waals surface area contributed by atoms with Crippen molar-refractivity contribution >= 4 is 5.97 Å². The van der Waals surface area contributed by atoms with E-state index in [0.717, 1.165) is 6.20 Å². The van der Waals surface area contributed by atoms with Crippen LogP contribution in [0.2, 0.25) is 0 Å². The van der Waals surface area contributed by atoms with Crippen LogP contribution in [0.3, 0.4) is 0 Å². The molecule has 1 rings (SSSR count). The van der Waals surface area contributed by atoms with E-state index in [1.54, 1.807) is 6.92 Å². The van der Waals surface area contributed by atoms with Crippen molar-refractivity contribution in [2.45, 2.75) is 19.9 Å². The van der Waals surface area contributed by atoms with Crippen molar-refractivity contribution in [3.63, 3.8) is 0 Å². The highest BCUT2D eigenvalue weighted by Crippen LogP contribution is 2.33. The van der Waals surface area contributed by atoms with E-state index in [1.165, 1.54) is 7.11 Å². The molecule has 0 aliphatic heterocycles. The zero-order chi connectivity index (χ0) is 13.7. The number of halogens is 2. The van der Waals surface area contributed by atoms with Gasteiger partial charge in [-0.05, 0) is 6.92 Å². The molecule has 0 spiro atoms. The Kier molecular flexibility index (Phi) is 4.96. The van der Waals surface area contributed by atoms with Crippen molar-refractivity contribution in [1.82, 2.24) is 4.98 Å². The minimum Gasteiger partial charge on any atom is -0.495 e. The molecule has 0 aromatic carbocycles. The van der Waals surface area contributed by atoms with E-state index in [0.29, 0.717) is 0 Å². The maximum absolute atomic E-state index is 13.0. The molecule has 7 heteroatoms. The second kappa shape index (κ2) is 6.25. The predicted molar refractivity (Wildman–Crippen MR) is 59.6 cm³/mol. The highest BCUT2D eigenvalue weighted by molar-refractivity contribution is 5.89. The van der Waals surface area contributed by atoms with Crippen molar-refractivity contribution in [2.75, 3.05) is 13.7 Å². The summed E-state index contributed by atoms with van der Waals surface area (Å²) in [6.45, 7) is 1.48. The molecule has 0 bridgehead atoms. The van der Waals surface area contributed by atoms with Gasteiger partial charge < -0.3 is 15.2 Å². The molecule has 1 aromatic rings. The molecule has 0 radical (unpaired) electrons. The number of alkyl halides is 2. The number of pyridine rings is 1. The molecule has 0 fully saturated rings. The normalized spacial score (nSPS) is 10.6. The third-order valence-corrected chi connectivity index (χ3v) is 2.30. The second-order valence-corrected chi connectivity index (χ2v) is 3.29. The van der Waals surface area contributed by atoms with Crippen molar-refractivity contribution in [3.05, 3.63) is 23.0 Å². The fourth-order valence-corrected chi connectivity index (χ4v) is 1.53. The molecule has 0 saturated heterocycles. The molecule has 0 amide bonds. The molecule has 5 nitrogen and oxygen atoms in total. The number of nitrogens with two attached hydrogens (primary N) is 1. The minimum atomic E-state index is -2.81.